The van der Waals surface area contributed by atoms with Gasteiger partial charge in [0.1, 0.15) is 12.4 Å². The number of aromatic nitrogens is 4. The van der Waals surface area contributed by atoms with Crippen molar-refractivity contribution in [1.29, 1.82) is 0 Å². The molecule has 27 heavy (non-hydrogen) atoms. The maximum atomic E-state index is 12.2. The lowest BCUT2D eigenvalue weighted by molar-refractivity contribution is 0.102. The summed E-state index contributed by atoms with van der Waals surface area (Å²) in [4.78, 5) is 16.4. The highest BCUT2D eigenvalue weighted by Gasteiger charge is 2.14. The predicted octanol–water partition coefficient (Wildman–Crippen LogP) is 3.29. The summed E-state index contributed by atoms with van der Waals surface area (Å²) in [6.07, 6.45) is 7.81. The minimum absolute atomic E-state index is 0.251. The van der Waals surface area contributed by atoms with E-state index in [-0.39, 0.29) is 5.91 Å². The van der Waals surface area contributed by atoms with Gasteiger partial charge in [-0.05, 0) is 25.8 Å². The minimum Gasteiger partial charge on any atom is -0.473 e. The summed E-state index contributed by atoms with van der Waals surface area (Å²) in [5, 5.41) is 10.9. The zero-order valence-electron chi connectivity index (χ0n) is 15.7. The average Bonchev–Trinajstić information content (AvgIpc) is 3.23. The van der Waals surface area contributed by atoms with Gasteiger partial charge in [-0.2, -0.15) is 5.10 Å². The van der Waals surface area contributed by atoms with Crippen molar-refractivity contribution in [1.82, 2.24) is 19.9 Å². The third kappa shape index (κ3) is 4.72. The number of nitrogens with one attached hydrogen (secondary N) is 1. The molecule has 0 atom stereocenters. The van der Waals surface area contributed by atoms with Crippen LogP contribution in [0.25, 0.3) is 0 Å². The van der Waals surface area contributed by atoms with Gasteiger partial charge < -0.3 is 14.6 Å². The van der Waals surface area contributed by atoms with Crippen molar-refractivity contribution in [2.45, 2.75) is 39.7 Å². The van der Waals surface area contributed by atoms with E-state index in [0.717, 1.165) is 36.3 Å². The normalized spacial score (nSPS) is 10.8. The Bertz CT molecular complexity index is 898. The average molecular weight is 369 g/mol. The SMILES string of the molecule is CCCCc1noc(C)c1COc1ccc(C(=O)Nc2cnn(C)c2)cn1. The Morgan fingerprint density at radius 2 is 2.19 bits per heavy atom. The van der Waals surface area contributed by atoms with Gasteiger partial charge in [-0.25, -0.2) is 4.98 Å². The molecule has 0 aliphatic heterocycles. The summed E-state index contributed by atoms with van der Waals surface area (Å²) >= 11 is 0. The zero-order chi connectivity index (χ0) is 19.2. The summed E-state index contributed by atoms with van der Waals surface area (Å²) in [6.45, 7) is 4.35. The van der Waals surface area contributed by atoms with Crippen molar-refractivity contribution in [3.8, 4) is 5.88 Å². The molecular formula is C19H23N5O3. The second kappa shape index (κ2) is 8.48. The molecule has 3 aromatic heterocycles. The van der Waals surface area contributed by atoms with Gasteiger partial charge in [0.25, 0.3) is 5.91 Å². The molecule has 3 aromatic rings. The van der Waals surface area contributed by atoms with Gasteiger partial charge in [-0.15, -0.1) is 0 Å². The van der Waals surface area contributed by atoms with E-state index in [1.54, 1.807) is 36.3 Å². The van der Waals surface area contributed by atoms with E-state index in [9.17, 15) is 4.79 Å². The molecule has 1 N–H and O–H groups in total. The number of rotatable bonds is 8. The van der Waals surface area contributed by atoms with Crippen molar-refractivity contribution in [3.05, 3.63) is 53.3 Å². The fraction of sp³-hybridized carbons (Fsp3) is 0.368. The van der Waals surface area contributed by atoms with Crippen LogP contribution < -0.4 is 10.1 Å². The maximum absolute atomic E-state index is 12.2. The molecule has 8 heteroatoms. The Kier molecular flexibility index (Phi) is 5.85. The number of ether oxygens (including phenoxy) is 1. The number of unbranched alkanes of at least 4 members (excludes halogenated alkanes) is 1. The van der Waals surface area contributed by atoms with Gasteiger partial charge in [-0.3, -0.25) is 9.48 Å². The number of hydrogen-bond donors (Lipinski definition) is 1. The summed E-state index contributed by atoms with van der Waals surface area (Å²) in [6, 6.07) is 3.35. The molecule has 142 valence electrons. The molecule has 0 saturated carbocycles. The first-order valence-corrected chi connectivity index (χ1v) is 8.89. The Hall–Kier alpha value is -3.16. The Labute approximate surface area is 157 Å². The molecule has 0 unspecified atom stereocenters. The van der Waals surface area contributed by atoms with Crippen LogP contribution >= 0.6 is 0 Å². The van der Waals surface area contributed by atoms with Crippen LogP contribution in [-0.4, -0.2) is 25.8 Å². The number of anilines is 1. The van der Waals surface area contributed by atoms with Crippen molar-refractivity contribution in [3.63, 3.8) is 0 Å². The lowest BCUT2D eigenvalue weighted by atomic mass is 10.1. The molecule has 3 heterocycles. The lowest BCUT2D eigenvalue weighted by Crippen LogP contribution is -2.12. The van der Waals surface area contributed by atoms with Gasteiger partial charge in [0.15, 0.2) is 0 Å². The largest absolute Gasteiger partial charge is 0.473 e. The number of amides is 1. The first-order chi connectivity index (χ1) is 13.1. The number of carbonyl (C=O) groups excluding carboxylic acids is 1. The lowest BCUT2D eigenvalue weighted by Gasteiger charge is -2.07. The Morgan fingerprint density at radius 3 is 2.85 bits per heavy atom. The van der Waals surface area contributed by atoms with E-state index in [1.807, 2.05) is 6.92 Å². The molecule has 8 nitrogen and oxygen atoms in total. The number of nitrogens with zero attached hydrogens (tertiary/aromatic N) is 4. The third-order valence-electron chi connectivity index (χ3n) is 4.16. The van der Waals surface area contributed by atoms with Crippen LogP contribution in [0.3, 0.4) is 0 Å². The van der Waals surface area contributed by atoms with Crippen molar-refractivity contribution in [2.75, 3.05) is 5.32 Å². The molecular weight excluding hydrogens is 346 g/mol. The van der Waals surface area contributed by atoms with Crippen molar-refractivity contribution >= 4 is 11.6 Å². The van der Waals surface area contributed by atoms with E-state index < -0.39 is 0 Å². The van der Waals surface area contributed by atoms with Crippen LogP contribution in [0.15, 0.2) is 35.2 Å². The summed E-state index contributed by atoms with van der Waals surface area (Å²) < 4.78 is 12.6. The number of hydrogen-bond acceptors (Lipinski definition) is 6. The predicted molar refractivity (Wildman–Crippen MR) is 99.6 cm³/mol. The summed E-state index contributed by atoms with van der Waals surface area (Å²) in [5.74, 6) is 0.947. The molecule has 0 saturated heterocycles. The van der Waals surface area contributed by atoms with Crippen molar-refractivity contribution in [2.24, 2.45) is 7.05 Å². The summed E-state index contributed by atoms with van der Waals surface area (Å²) in [5.41, 5.74) is 2.96. The molecule has 3 rings (SSSR count). The Balaban J connectivity index is 1.59. The highest BCUT2D eigenvalue weighted by Crippen LogP contribution is 2.19. The van der Waals surface area contributed by atoms with E-state index in [2.05, 4.69) is 27.5 Å². The van der Waals surface area contributed by atoms with E-state index in [1.165, 1.54) is 6.20 Å². The van der Waals surface area contributed by atoms with E-state index >= 15 is 0 Å². The smallest absolute Gasteiger partial charge is 0.257 e. The van der Waals surface area contributed by atoms with Crippen LogP contribution in [0, 0.1) is 6.92 Å². The molecule has 1 amide bonds. The first kappa shape index (κ1) is 18.6. The molecule has 0 radical (unpaired) electrons. The van der Waals surface area contributed by atoms with Crippen LogP contribution in [0.2, 0.25) is 0 Å². The molecule has 0 aliphatic rings. The highest BCUT2D eigenvalue weighted by molar-refractivity contribution is 6.03. The molecule has 0 spiro atoms. The van der Waals surface area contributed by atoms with Gasteiger partial charge in [0.2, 0.25) is 5.88 Å². The van der Waals surface area contributed by atoms with Gasteiger partial charge in [-0.1, -0.05) is 18.5 Å². The van der Waals surface area contributed by atoms with Crippen LogP contribution in [-0.2, 0) is 20.1 Å². The highest BCUT2D eigenvalue weighted by atomic mass is 16.5. The molecule has 0 bridgehead atoms. The number of aryl methyl sites for hydroxylation is 3. The standard InChI is InChI=1S/C19H23N5O3/c1-4-5-6-17-16(13(2)27-23-17)12-26-18-8-7-14(9-20-18)19(25)22-15-10-21-24(3)11-15/h7-11H,4-6,12H2,1-3H3,(H,22,25). The van der Waals surface area contributed by atoms with Gasteiger partial charge in [0.05, 0.1) is 28.7 Å². The quantitative estimate of drug-likeness (QED) is 0.655. The van der Waals surface area contributed by atoms with Crippen LogP contribution in [0.4, 0.5) is 5.69 Å². The van der Waals surface area contributed by atoms with Crippen LogP contribution in [0.1, 0.15) is 47.1 Å². The minimum atomic E-state index is -0.251. The Morgan fingerprint density at radius 1 is 1.33 bits per heavy atom. The monoisotopic (exact) mass is 369 g/mol. The molecule has 0 fully saturated rings. The molecule has 0 aliphatic carbocycles. The van der Waals surface area contributed by atoms with E-state index in [0.29, 0.717) is 23.7 Å². The number of pyridine rings is 1. The van der Waals surface area contributed by atoms with E-state index in [4.69, 9.17) is 9.26 Å². The fourth-order valence-corrected chi connectivity index (χ4v) is 2.60. The third-order valence-corrected chi connectivity index (χ3v) is 4.16. The summed E-state index contributed by atoms with van der Waals surface area (Å²) in [7, 11) is 1.79. The van der Waals surface area contributed by atoms with Crippen LogP contribution in [0.5, 0.6) is 5.88 Å². The van der Waals surface area contributed by atoms with Gasteiger partial charge in [0, 0.05) is 25.5 Å². The number of carbonyl (C=O) groups is 1. The topological polar surface area (TPSA) is 95.1 Å². The fourth-order valence-electron chi connectivity index (χ4n) is 2.60. The van der Waals surface area contributed by atoms with Crippen molar-refractivity contribution < 1.29 is 14.1 Å². The zero-order valence-corrected chi connectivity index (χ0v) is 15.7. The second-order valence-electron chi connectivity index (χ2n) is 6.30. The van der Waals surface area contributed by atoms with Gasteiger partial charge >= 0.3 is 0 Å². The maximum Gasteiger partial charge on any atom is 0.257 e. The second-order valence-corrected chi connectivity index (χ2v) is 6.30. The first-order valence-electron chi connectivity index (χ1n) is 8.89. The molecule has 0 aromatic carbocycles.